The average Bonchev–Trinajstić information content (AvgIpc) is 3.28. The predicted molar refractivity (Wildman–Crippen MR) is 99.6 cm³/mol. The molecule has 1 aromatic rings. The Morgan fingerprint density at radius 2 is 2.19 bits per heavy atom. The predicted octanol–water partition coefficient (Wildman–Crippen LogP) is 1.93. The lowest BCUT2D eigenvalue weighted by molar-refractivity contribution is -0.132. The molecule has 0 aliphatic carbocycles. The summed E-state index contributed by atoms with van der Waals surface area (Å²) in [5.41, 5.74) is 0.666. The van der Waals surface area contributed by atoms with Gasteiger partial charge in [0.2, 0.25) is 5.91 Å². The molecule has 1 N–H and O–H groups in total. The molecule has 1 aromatic carbocycles. The van der Waals surface area contributed by atoms with E-state index in [2.05, 4.69) is 5.32 Å². The summed E-state index contributed by atoms with van der Waals surface area (Å²) in [5, 5.41) is 3.29. The molecule has 1 unspecified atom stereocenters. The Hall–Kier alpha value is -2.28. The number of ether oxygens (including phenoxy) is 2. The highest BCUT2D eigenvalue weighted by Crippen LogP contribution is 2.35. The number of nitrogens with zero attached hydrogens (tertiary/aromatic N) is 2. The van der Waals surface area contributed by atoms with Gasteiger partial charge in [0.05, 0.1) is 19.7 Å². The second kappa shape index (κ2) is 7.38. The van der Waals surface area contributed by atoms with Crippen LogP contribution in [0.15, 0.2) is 24.3 Å². The molecule has 7 nitrogen and oxygen atoms in total. The summed E-state index contributed by atoms with van der Waals surface area (Å²) >= 11 is 0. The van der Waals surface area contributed by atoms with Crippen LogP contribution in [-0.4, -0.2) is 67.2 Å². The van der Waals surface area contributed by atoms with Crippen LogP contribution in [0.4, 0.5) is 4.79 Å². The van der Waals surface area contributed by atoms with Crippen LogP contribution in [-0.2, 0) is 9.53 Å². The first-order valence-electron chi connectivity index (χ1n) is 9.72. The summed E-state index contributed by atoms with van der Waals surface area (Å²) in [6.45, 7) is 3.02. The highest BCUT2D eigenvalue weighted by Gasteiger charge is 2.46. The molecular weight excluding hydrogens is 346 g/mol. The number of likely N-dealkylation sites (tertiary alicyclic amines) is 1. The Kier molecular flexibility index (Phi) is 4.95. The fourth-order valence-electron chi connectivity index (χ4n) is 4.47. The number of rotatable bonds is 4. The maximum absolute atomic E-state index is 13.0. The first-order chi connectivity index (χ1) is 13.1. The van der Waals surface area contributed by atoms with E-state index in [1.54, 1.807) is 12.0 Å². The monoisotopic (exact) mass is 373 g/mol. The molecule has 3 aliphatic rings. The highest BCUT2D eigenvalue weighted by molar-refractivity contribution is 5.83. The minimum atomic E-state index is -0.417. The van der Waals surface area contributed by atoms with Gasteiger partial charge in [0, 0.05) is 19.4 Å². The number of amides is 2. The molecular formula is C20H27N3O4. The Morgan fingerprint density at radius 1 is 1.37 bits per heavy atom. The number of carbonyl (C=O) groups is 2. The van der Waals surface area contributed by atoms with Gasteiger partial charge in [-0.3, -0.25) is 9.69 Å². The lowest BCUT2D eigenvalue weighted by atomic mass is 9.92. The molecule has 3 heterocycles. The van der Waals surface area contributed by atoms with E-state index >= 15 is 0 Å². The van der Waals surface area contributed by atoms with Gasteiger partial charge in [-0.2, -0.15) is 0 Å². The summed E-state index contributed by atoms with van der Waals surface area (Å²) in [6, 6.07) is 7.92. The van der Waals surface area contributed by atoms with Crippen molar-refractivity contribution in [2.24, 2.45) is 0 Å². The minimum absolute atomic E-state index is 0.0109. The topological polar surface area (TPSA) is 71.1 Å². The van der Waals surface area contributed by atoms with Crippen LogP contribution in [0.25, 0.3) is 0 Å². The molecule has 4 rings (SSSR count). The van der Waals surface area contributed by atoms with E-state index in [0.29, 0.717) is 6.54 Å². The normalized spacial score (nSPS) is 24.3. The van der Waals surface area contributed by atoms with Gasteiger partial charge in [0.1, 0.15) is 17.9 Å². The van der Waals surface area contributed by atoms with Gasteiger partial charge < -0.3 is 19.7 Å². The Morgan fingerprint density at radius 3 is 2.96 bits per heavy atom. The number of methoxy groups -OCH3 is 1. The highest BCUT2D eigenvalue weighted by atomic mass is 16.6. The fraction of sp³-hybridized carbons (Fsp3) is 0.600. The van der Waals surface area contributed by atoms with Gasteiger partial charge in [-0.1, -0.05) is 12.1 Å². The Labute approximate surface area is 159 Å². The zero-order valence-electron chi connectivity index (χ0n) is 15.8. The molecule has 27 heavy (non-hydrogen) atoms. The molecule has 2 amide bonds. The zero-order valence-corrected chi connectivity index (χ0v) is 15.8. The summed E-state index contributed by atoms with van der Waals surface area (Å²) in [4.78, 5) is 28.8. The second-order valence-corrected chi connectivity index (χ2v) is 7.68. The van der Waals surface area contributed by atoms with Gasteiger partial charge in [0.25, 0.3) is 0 Å². The molecule has 7 heteroatoms. The van der Waals surface area contributed by atoms with Crippen molar-refractivity contribution in [2.45, 2.75) is 37.3 Å². The molecule has 0 aromatic heterocycles. The molecule has 1 atom stereocenters. The van der Waals surface area contributed by atoms with Crippen molar-refractivity contribution in [3.05, 3.63) is 29.8 Å². The average molecular weight is 373 g/mol. The van der Waals surface area contributed by atoms with Crippen molar-refractivity contribution in [2.75, 3.05) is 39.8 Å². The summed E-state index contributed by atoms with van der Waals surface area (Å²) in [6.07, 6.45) is 3.15. The molecule has 3 saturated heterocycles. The number of hydrogen-bond acceptors (Lipinski definition) is 5. The quantitative estimate of drug-likeness (QED) is 0.873. The number of benzene rings is 1. The smallest absolute Gasteiger partial charge is 0.410 e. The first-order valence-corrected chi connectivity index (χ1v) is 9.72. The lowest BCUT2D eigenvalue weighted by Gasteiger charge is -2.31. The van der Waals surface area contributed by atoms with Crippen LogP contribution < -0.4 is 10.1 Å². The SMILES string of the molecule is COc1cccc(C2CCCN2C(=O)CN2CC3(CCNCC3)OC2=O)c1. The van der Waals surface area contributed by atoms with E-state index in [4.69, 9.17) is 9.47 Å². The molecule has 3 aliphatic heterocycles. The van der Waals surface area contributed by atoms with Crippen LogP contribution in [0.5, 0.6) is 5.75 Å². The fourth-order valence-corrected chi connectivity index (χ4v) is 4.47. The van der Waals surface area contributed by atoms with Gasteiger partial charge in [-0.05, 0) is 43.6 Å². The maximum atomic E-state index is 13.0. The van der Waals surface area contributed by atoms with Crippen LogP contribution in [0, 0.1) is 0 Å². The van der Waals surface area contributed by atoms with Gasteiger partial charge in [-0.15, -0.1) is 0 Å². The van der Waals surface area contributed by atoms with E-state index in [1.807, 2.05) is 29.2 Å². The third kappa shape index (κ3) is 3.60. The molecule has 0 saturated carbocycles. The largest absolute Gasteiger partial charge is 0.497 e. The van der Waals surface area contributed by atoms with Crippen molar-refractivity contribution in [1.82, 2.24) is 15.1 Å². The number of piperidine rings is 1. The zero-order chi connectivity index (χ0) is 18.9. The summed E-state index contributed by atoms with van der Waals surface area (Å²) in [7, 11) is 1.65. The van der Waals surface area contributed by atoms with Crippen LogP contribution >= 0.6 is 0 Å². The van der Waals surface area contributed by atoms with Crippen molar-refractivity contribution in [3.63, 3.8) is 0 Å². The molecule has 0 bridgehead atoms. The number of carbonyl (C=O) groups excluding carboxylic acids is 2. The Bertz CT molecular complexity index is 717. The van der Waals surface area contributed by atoms with Crippen molar-refractivity contribution in [1.29, 1.82) is 0 Å². The van der Waals surface area contributed by atoms with Crippen LogP contribution in [0.3, 0.4) is 0 Å². The number of hydrogen-bond donors (Lipinski definition) is 1. The minimum Gasteiger partial charge on any atom is -0.497 e. The van der Waals surface area contributed by atoms with Crippen molar-refractivity contribution in [3.8, 4) is 5.75 Å². The lowest BCUT2D eigenvalue weighted by Crippen LogP contribution is -2.46. The molecule has 0 radical (unpaired) electrons. The van der Waals surface area contributed by atoms with E-state index in [1.165, 1.54) is 0 Å². The van der Waals surface area contributed by atoms with Crippen molar-refractivity contribution < 1.29 is 19.1 Å². The van der Waals surface area contributed by atoms with Crippen molar-refractivity contribution >= 4 is 12.0 Å². The van der Waals surface area contributed by atoms with E-state index < -0.39 is 5.60 Å². The third-order valence-electron chi connectivity index (χ3n) is 5.93. The first kappa shape index (κ1) is 18.1. The third-order valence-corrected chi connectivity index (χ3v) is 5.93. The van der Waals surface area contributed by atoms with E-state index in [0.717, 1.165) is 56.6 Å². The van der Waals surface area contributed by atoms with Crippen LogP contribution in [0.2, 0.25) is 0 Å². The van der Waals surface area contributed by atoms with Gasteiger partial charge in [-0.25, -0.2) is 4.79 Å². The maximum Gasteiger partial charge on any atom is 0.410 e. The van der Waals surface area contributed by atoms with E-state index in [-0.39, 0.29) is 24.6 Å². The second-order valence-electron chi connectivity index (χ2n) is 7.68. The Balaban J connectivity index is 1.43. The molecule has 1 spiro atoms. The van der Waals surface area contributed by atoms with E-state index in [9.17, 15) is 9.59 Å². The molecule has 3 fully saturated rings. The summed E-state index contributed by atoms with van der Waals surface area (Å²) in [5.74, 6) is 0.783. The molecule has 146 valence electrons. The standard InChI is InChI=1S/C20H27N3O4/c1-26-16-5-2-4-15(12-16)17-6-3-11-23(17)18(24)13-22-14-20(27-19(22)25)7-9-21-10-8-20/h2,4-5,12,17,21H,3,6-11,13-14H2,1H3. The van der Waals surface area contributed by atoms with Gasteiger partial charge >= 0.3 is 6.09 Å². The van der Waals surface area contributed by atoms with Gasteiger partial charge in [0.15, 0.2) is 0 Å². The number of nitrogens with one attached hydrogen (secondary N) is 1. The van der Waals surface area contributed by atoms with Crippen LogP contribution in [0.1, 0.15) is 37.3 Å². The summed E-state index contributed by atoms with van der Waals surface area (Å²) < 4.78 is 11.0.